The topological polar surface area (TPSA) is 83.9 Å². The maximum atomic E-state index is 12.3. The third-order valence-corrected chi connectivity index (χ3v) is 4.68. The largest absolute Gasteiger partial charge is 0.479 e. The first-order chi connectivity index (χ1) is 11.5. The lowest BCUT2D eigenvalue weighted by Crippen LogP contribution is -2.48. The average Bonchev–Trinajstić information content (AvgIpc) is 3.07. The molecule has 0 aromatic heterocycles. The van der Waals surface area contributed by atoms with Gasteiger partial charge in [0.1, 0.15) is 0 Å². The number of carboxylic acid groups (broad SMARTS) is 1. The van der Waals surface area contributed by atoms with E-state index in [1.807, 2.05) is 18.2 Å². The number of aryl methyl sites for hydroxylation is 2. The minimum atomic E-state index is -1.07. The molecule has 1 fully saturated rings. The number of rotatable bonds is 5. The number of ketones is 1. The number of hydrogen-bond donors (Lipinski definition) is 1. The smallest absolute Gasteiger partial charge is 0.334 e. The summed E-state index contributed by atoms with van der Waals surface area (Å²) >= 11 is 0. The van der Waals surface area contributed by atoms with Gasteiger partial charge in [0.15, 0.2) is 11.9 Å². The highest BCUT2D eigenvalue weighted by Gasteiger charge is 2.29. The minimum absolute atomic E-state index is 0.0407. The van der Waals surface area contributed by atoms with Crippen LogP contribution in [0.3, 0.4) is 0 Å². The number of fused-ring (bicyclic) bond motifs is 1. The quantitative estimate of drug-likeness (QED) is 0.826. The number of amides is 1. The highest BCUT2D eigenvalue weighted by atomic mass is 16.5. The second-order valence-corrected chi connectivity index (χ2v) is 6.30. The van der Waals surface area contributed by atoms with Crippen LogP contribution in [-0.4, -0.2) is 53.5 Å². The van der Waals surface area contributed by atoms with E-state index in [9.17, 15) is 14.4 Å². The average molecular weight is 331 g/mol. The Morgan fingerprint density at radius 1 is 1.17 bits per heavy atom. The molecule has 24 heavy (non-hydrogen) atoms. The van der Waals surface area contributed by atoms with Gasteiger partial charge in [-0.15, -0.1) is 0 Å². The van der Waals surface area contributed by atoms with Crippen LogP contribution in [0.5, 0.6) is 0 Å². The van der Waals surface area contributed by atoms with Crippen molar-refractivity contribution in [3.05, 3.63) is 34.9 Å². The molecule has 128 valence electrons. The van der Waals surface area contributed by atoms with E-state index in [0.29, 0.717) is 12.1 Å². The van der Waals surface area contributed by atoms with Crippen molar-refractivity contribution in [2.75, 3.05) is 19.7 Å². The summed E-state index contributed by atoms with van der Waals surface area (Å²) in [5.41, 5.74) is 3.22. The lowest BCUT2D eigenvalue weighted by atomic mass is 10.0. The first-order valence-electron chi connectivity index (χ1n) is 8.32. The summed E-state index contributed by atoms with van der Waals surface area (Å²) in [6.07, 6.45) is 2.49. The SMILES string of the molecule is O=C(CCC(=O)N1CCOC(C(=O)O)C1)c1ccc2c(c1)CCC2. The molecule has 0 saturated carbocycles. The molecule has 0 bridgehead atoms. The molecule has 1 atom stereocenters. The molecule has 1 aromatic carbocycles. The molecule has 1 N–H and O–H groups in total. The van der Waals surface area contributed by atoms with Gasteiger partial charge in [0.05, 0.1) is 13.2 Å². The van der Waals surface area contributed by atoms with Crippen LogP contribution in [0.25, 0.3) is 0 Å². The summed E-state index contributed by atoms with van der Waals surface area (Å²) in [5, 5.41) is 8.96. The predicted molar refractivity (Wildman–Crippen MR) is 86.0 cm³/mol. The van der Waals surface area contributed by atoms with Crippen molar-refractivity contribution in [3.63, 3.8) is 0 Å². The monoisotopic (exact) mass is 331 g/mol. The van der Waals surface area contributed by atoms with Gasteiger partial charge < -0.3 is 14.7 Å². The fourth-order valence-electron chi connectivity index (χ4n) is 3.29. The summed E-state index contributed by atoms with van der Waals surface area (Å²) in [5.74, 6) is -1.30. The maximum Gasteiger partial charge on any atom is 0.334 e. The standard InChI is InChI=1S/C18H21NO5/c20-15(14-5-4-12-2-1-3-13(12)10-14)6-7-17(21)19-8-9-24-16(11-19)18(22)23/h4-5,10,16H,1-3,6-9,11H2,(H,22,23). The molecule has 2 aliphatic rings. The van der Waals surface area contributed by atoms with Crippen LogP contribution in [0, 0.1) is 0 Å². The van der Waals surface area contributed by atoms with Gasteiger partial charge in [-0.25, -0.2) is 4.79 Å². The Labute approximate surface area is 140 Å². The fourth-order valence-corrected chi connectivity index (χ4v) is 3.29. The van der Waals surface area contributed by atoms with Gasteiger partial charge in [-0.2, -0.15) is 0 Å². The summed E-state index contributed by atoms with van der Waals surface area (Å²) in [6, 6.07) is 5.80. The Bertz CT molecular complexity index is 669. The molecule has 1 saturated heterocycles. The summed E-state index contributed by atoms with van der Waals surface area (Å²) < 4.78 is 5.10. The normalized spacial score (nSPS) is 19.8. The number of ether oxygens (including phenoxy) is 1. The number of benzene rings is 1. The minimum Gasteiger partial charge on any atom is -0.479 e. The van der Waals surface area contributed by atoms with Gasteiger partial charge in [0.2, 0.25) is 5.91 Å². The number of aliphatic carboxylic acids is 1. The fraction of sp³-hybridized carbons (Fsp3) is 0.500. The number of carbonyl (C=O) groups excluding carboxylic acids is 2. The molecule has 1 aromatic rings. The van der Waals surface area contributed by atoms with Crippen molar-refractivity contribution < 1.29 is 24.2 Å². The lowest BCUT2D eigenvalue weighted by molar-refractivity contribution is -0.159. The highest BCUT2D eigenvalue weighted by Crippen LogP contribution is 2.23. The lowest BCUT2D eigenvalue weighted by Gasteiger charge is -2.30. The van der Waals surface area contributed by atoms with Crippen LogP contribution >= 0.6 is 0 Å². The third kappa shape index (κ3) is 3.64. The molecule has 0 radical (unpaired) electrons. The van der Waals surface area contributed by atoms with Gasteiger partial charge in [0.25, 0.3) is 0 Å². The molecule has 0 spiro atoms. The van der Waals surface area contributed by atoms with E-state index in [0.717, 1.165) is 19.3 Å². The number of hydrogen-bond acceptors (Lipinski definition) is 4. The van der Waals surface area contributed by atoms with Crippen molar-refractivity contribution in [1.29, 1.82) is 0 Å². The predicted octanol–water partition coefficient (Wildman–Crippen LogP) is 1.45. The van der Waals surface area contributed by atoms with E-state index in [4.69, 9.17) is 9.84 Å². The van der Waals surface area contributed by atoms with E-state index < -0.39 is 12.1 Å². The zero-order valence-electron chi connectivity index (χ0n) is 13.5. The van der Waals surface area contributed by atoms with Crippen molar-refractivity contribution in [1.82, 2.24) is 4.90 Å². The van der Waals surface area contributed by atoms with Crippen LogP contribution < -0.4 is 0 Å². The third-order valence-electron chi connectivity index (χ3n) is 4.68. The van der Waals surface area contributed by atoms with Crippen molar-refractivity contribution in [2.24, 2.45) is 0 Å². The zero-order valence-corrected chi connectivity index (χ0v) is 13.5. The number of morpholine rings is 1. The van der Waals surface area contributed by atoms with Gasteiger partial charge in [-0.3, -0.25) is 9.59 Å². The van der Waals surface area contributed by atoms with Crippen molar-refractivity contribution in [2.45, 2.75) is 38.2 Å². The van der Waals surface area contributed by atoms with Crippen LogP contribution in [0.4, 0.5) is 0 Å². The molecule has 1 unspecified atom stereocenters. The molecular weight excluding hydrogens is 310 g/mol. The number of nitrogens with zero attached hydrogens (tertiary/aromatic N) is 1. The molecule has 1 amide bonds. The van der Waals surface area contributed by atoms with Crippen LogP contribution in [0.15, 0.2) is 18.2 Å². The Balaban J connectivity index is 1.54. The highest BCUT2D eigenvalue weighted by molar-refractivity contribution is 5.98. The first kappa shape index (κ1) is 16.6. The number of Topliss-reactive ketones (excluding diaryl/α,β-unsaturated/α-hetero) is 1. The molecule has 1 aliphatic carbocycles. The van der Waals surface area contributed by atoms with Crippen molar-refractivity contribution in [3.8, 4) is 0 Å². The summed E-state index contributed by atoms with van der Waals surface area (Å²) in [7, 11) is 0. The Hall–Kier alpha value is -2.21. The Morgan fingerprint density at radius 2 is 1.96 bits per heavy atom. The molecular formula is C18H21NO5. The Morgan fingerprint density at radius 3 is 2.75 bits per heavy atom. The molecule has 3 rings (SSSR count). The van der Waals surface area contributed by atoms with Crippen LogP contribution in [-0.2, 0) is 27.2 Å². The van der Waals surface area contributed by atoms with E-state index in [2.05, 4.69) is 0 Å². The molecule has 6 heteroatoms. The molecule has 1 aliphatic heterocycles. The Kier molecular flexibility index (Phi) is 4.94. The summed E-state index contributed by atoms with van der Waals surface area (Å²) in [6.45, 7) is 0.623. The second-order valence-electron chi connectivity index (χ2n) is 6.30. The van der Waals surface area contributed by atoms with Gasteiger partial charge >= 0.3 is 5.97 Å². The first-order valence-corrected chi connectivity index (χ1v) is 8.32. The van der Waals surface area contributed by atoms with E-state index in [1.54, 1.807) is 0 Å². The number of carboxylic acids is 1. The zero-order chi connectivity index (χ0) is 17.1. The van der Waals surface area contributed by atoms with E-state index >= 15 is 0 Å². The van der Waals surface area contributed by atoms with E-state index in [-0.39, 0.29) is 37.7 Å². The summed E-state index contributed by atoms with van der Waals surface area (Å²) in [4.78, 5) is 36.9. The van der Waals surface area contributed by atoms with Crippen LogP contribution in [0.1, 0.15) is 40.7 Å². The van der Waals surface area contributed by atoms with Gasteiger partial charge in [-0.05, 0) is 36.5 Å². The molecule has 6 nitrogen and oxygen atoms in total. The van der Waals surface area contributed by atoms with Gasteiger partial charge in [0, 0.05) is 24.9 Å². The second kappa shape index (κ2) is 7.13. The maximum absolute atomic E-state index is 12.3. The van der Waals surface area contributed by atoms with Crippen LogP contribution in [0.2, 0.25) is 0 Å². The number of carbonyl (C=O) groups is 3. The van der Waals surface area contributed by atoms with E-state index in [1.165, 1.54) is 16.0 Å². The van der Waals surface area contributed by atoms with Crippen molar-refractivity contribution >= 4 is 17.7 Å². The van der Waals surface area contributed by atoms with Gasteiger partial charge in [-0.1, -0.05) is 12.1 Å². The molecule has 1 heterocycles.